The molecule has 2 aliphatic carbocycles. The Labute approximate surface area is 316 Å². The lowest BCUT2D eigenvalue weighted by Gasteiger charge is -2.47. The molecule has 0 unspecified atom stereocenters. The number of benzene rings is 3. The zero-order valence-electron chi connectivity index (χ0n) is 30.0. The van der Waals surface area contributed by atoms with E-state index in [1.807, 2.05) is 31.6 Å². The average molecular weight is 730 g/mol. The number of rotatable bonds is 11. The van der Waals surface area contributed by atoms with Crippen molar-refractivity contribution in [2.75, 3.05) is 55.7 Å². The van der Waals surface area contributed by atoms with E-state index in [0.29, 0.717) is 5.41 Å². The van der Waals surface area contributed by atoms with Gasteiger partial charge < -0.3 is 25.7 Å². The van der Waals surface area contributed by atoms with Crippen LogP contribution in [0.5, 0.6) is 0 Å². The van der Waals surface area contributed by atoms with E-state index in [1.54, 1.807) is 11.1 Å². The van der Waals surface area contributed by atoms with Gasteiger partial charge in [0.15, 0.2) is 0 Å². The number of hydrogen-bond acceptors (Lipinski definition) is 7. The van der Waals surface area contributed by atoms with Crippen molar-refractivity contribution in [2.45, 2.75) is 49.8 Å². The fraction of sp³-hybridized carbons (Fsp3) is 0.326. The van der Waals surface area contributed by atoms with E-state index in [1.165, 1.54) is 72.9 Å². The maximum atomic E-state index is 6.30. The summed E-state index contributed by atoms with van der Waals surface area (Å²) in [6.07, 6.45) is 12.6. The Kier molecular flexibility index (Phi) is 9.97. The van der Waals surface area contributed by atoms with Gasteiger partial charge in [-0.05, 0) is 133 Å². The first kappa shape index (κ1) is 34.7. The summed E-state index contributed by atoms with van der Waals surface area (Å²) in [5.74, 6) is 0. The smallest absolute Gasteiger partial charge is 0.137 e. The predicted molar refractivity (Wildman–Crippen MR) is 221 cm³/mol. The maximum Gasteiger partial charge on any atom is 0.137 e. The van der Waals surface area contributed by atoms with Crippen molar-refractivity contribution >= 4 is 62.9 Å². The van der Waals surface area contributed by atoms with Crippen LogP contribution in [0.4, 0.5) is 17.1 Å². The lowest BCUT2D eigenvalue weighted by atomic mass is 9.59. The monoisotopic (exact) mass is 729 g/mol. The minimum atomic E-state index is 0.538. The number of allylic oxidation sites excluding steroid dienone is 1. The number of piperazine rings is 1. The van der Waals surface area contributed by atoms with E-state index < -0.39 is 0 Å². The molecule has 52 heavy (non-hydrogen) atoms. The number of nitrogen functional groups attached to an aromatic ring is 1. The summed E-state index contributed by atoms with van der Waals surface area (Å²) in [7, 11) is 1.88. The Morgan fingerprint density at radius 3 is 2.58 bits per heavy atom. The van der Waals surface area contributed by atoms with Crippen LogP contribution < -0.4 is 20.7 Å². The van der Waals surface area contributed by atoms with Crippen molar-refractivity contribution in [3.63, 3.8) is 0 Å². The fourth-order valence-electron chi connectivity index (χ4n) is 8.35. The molecule has 0 radical (unpaired) electrons. The summed E-state index contributed by atoms with van der Waals surface area (Å²) in [4.78, 5) is 14.2. The molecule has 8 rings (SSSR count). The molecular weight excluding hydrogens is 682 g/mol. The largest absolute Gasteiger partial charge is 0.397 e. The van der Waals surface area contributed by atoms with Gasteiger partial charge in [0.25, 0.3) is 0 Å². The fourth-order valence-corrected chi connectivity index (χ4v) is 9.15. The minimum absolute atomic E-state index is 0.538. The molecule has 3 aliphatic rings. The third-order valence-electron chi connectivity index (χ3n) is 11.5. The van der Waals surface area contributed by atoms with E-state index in [2.05, 4.69) is 97.0 Å². The number of aromatic nitrogens is 2. The van der Waals surface area contributed by atoms with E-state index in [4.69, 9.17) is 17.3 Å². The Hall–Kier alpha value is -4.37. The molecule has 1 saturated heterocycles. The molecule has 5 aromatic rings. The normalized spacial score (nSPS) is 17.4. The second-order valence-corrected chi connectivity index (χ2v) is 16.2. The van der Waals surface area contributed by atoms with Crippen LogP contribution >= 0.6 is 23.5 Å². The highest BCUT2D eigenvalue weighted by molar-refractivity contribution is 7.97. The number of hydrogen-bond donors (Lipinski definition) is 4. The lowest BCUT2D eigenvalue weighted by molar-refractivity contribution is 0.118. The molecule has 9 heteroatoms. The quantitative estimate of drug-likeness (QED) is 0.0796. The topological polar surface area (TPSA) is 85.2 Å². The van der Waals surface area contributed by atoms with E-state index in [-0.39, 0.29) is 0 Å². The summed E-state index contributed by atoms with van der Waals surface area (Å²) in [6, 6.07) is 25.8. The molecule has 1 saturated carbocycles. The molecule has 7 nitrogen and oxygen atoms in total. The van der Waals surface area contributed by atoms with E-state index >= 15 is 0 Å². The lowest BCUT2D eigenvalue weighted by Crippen LogP contribution is -2.47. The molecule has 2 aromatic heterocycles. The molecule has 3 heterocycles. The van der Waals surface area contributed by atoms with Crippen LogP contribution in [-0.2, 0) is 6.42 Å². The molecule has 5 N–H and O–H groups in total. The Morgan fingerprint density at radius 1 is 1.00 bits per heavy atom. The molecule has 0 bridgehead atoms. The van der Waals surface area contributed by atoms with Gasteiger partial charge in [0.05, 0.1) is 11.4 Å². The first-order valence-corrected chi connectivity index (χ1v) is 19.7. The Morgan fingerprint density at radius 2 is 1.83 bits per heavy atom. The summed E-state index contributed by atoms with van der Waals surface area (Å²) < 4.78 is 3.50. The summed E-state index contributed by atoms with van der Waals surface area (Å²) in [5, 5.41) is 5.06. The highest BCUT2D eigenvalue weighted by Crippen LogP contribution is 2.55. The van der Waals surface area contributed by atoms with E-state index in [0.717, 1.165) is 82.7 Å². The predicted octanol–water partition coefficient (Wildman–Crippen LogP) is 9.63. The average Bonchev–Trinajstić information content (AvgIpc) is 3.62. The zero-order chi connectivity index (χ0) is 35.7. The van der Waals surface area contributed by atoms with E-state index in [9.17, 15) is 0 Å². The molecular formula is C43H48ClN7S. The first-order chi connectivity index (χ1) is 25.3. The Balaban J connectivity index is 0.987. The minimum Gasteiger partial charge on any atom is -0.397 e. The van der Waals surface area contributed by atoms with Crippen LogP contribution in [0.25, 0.3) is 22.3 Å². The first-order valence-electron chi connectivity index (χ1n) is 18.5. The number of nitrogens with one attached hydrogen (secondary N) is 3. The molecule has 0 atom stereocenters. The van der Waals surface area contributed by atoms with Crippen LogP contribution in [0.2, 0.25) is 5.02 Å². The van der Waals surface area contributed by atoms with Gasteiger partial charge in [-0.15, -0.1) is 0 Å². The number of halogens is 1. The molecule has 1 spiro atoms. The summed E-state index contributed by atoms with van der Waals surface area (Å²) in [6.45, 7) is 9.64. The van der Waals surface area contributed by atoms with Crippen molar-refractivity contribution in [3.8, 4) is 0 Å². The Bertz CT molecular complexity index is 2110. The van der Waals surface area contributed by atoms with Crippen molar-refractivity contribution in [1.82, 2.24) is 19.6 Å². The van der Waals surface area contributed by atoms with Crippen LogP contribution in [0, 0.1) is 5.41 Å². The second-order valence-electron chi connectivity index (χ2n) is 14.8. The van der Waals surface area contributed by atoms with Gasteiger partial charge in [-0.1, -0.05) is 48.4 Å². The van der Waals surface area contributed by atoms with Crippen LogP contribution in [0.1, 0.15) is 60.8 Å². The van der Waals surface area contributed by atoms with Crippen LogP contribution in [-0.4, -0.2) is 54.6 Å². The van der Waals surface area contributed by atoms with Gasteiger partial charge in [-0.3, -0.25) is 4.90 Å². The number of nitrogens with zero attached hydrogens (tertiary/aromatic N) is 3. The summed E-state index contributed by atoms with van der Waals surface area (Å²) in [5.41, 5.74) is 19.5. The molecule has 2 fully saturated rings. The van der Waals surface area contributed by atoms with Crippen molar-refractivity contribution in [2.24, 2.45) is 5.41 Å². The highest BCUT2D eigenvalue weighted by Gasteiger charge is 2.40. The molecule has 0 amide bonds. The van der Waals surface area contributed by atoms with Gasteiger partial charge in [0, 0.05) is 84.4 Å². The third kappa shape index (κ3) is 7.43. The molecule has 268 valence electrons. The number of nitrogens with two attached hydrogens (primary N) is 1. The SMILES string of the molecule is C=C(NSc1ccc(NC)c(N)c1)c1ccc(N2CCN(CC3=C(c4ccc(Cl)cc4)CC4(CCC4)CC3)CC2)cc1Cc1cnc2[nH]ccc2c1. The molecule has 1 aliphatic heterocycles. The zero-order valence-corrected chi connectivity index (χ0v) is 31.6. The van der Waals surface area contributed by atoms with Crippen LogP contribution in [0.15, 0.2) is 102 Å². The number of anilines is 3. The maximum absolute atomic E-state index is 6.30. The van der Waals surface area contributed by atoms with Gasteiger partial charge >= 0.3 is 0 Å². The van der Waals surface area contributed by atoms with Gasteiger partial charge in [0.2, 0.25) is 0 Å². The second kappa shape index (κ2) is 14.9. The van der Waals surface area contributed by atoms with Gasteiger partial charge in [0.1, 0.15) is 5.65 Å². The summed E-state index contributed by atoms with van der Waals surface area (Å²) >= 11 is 7.82. The van der Waals surface area contributed by atoms with Crippen molar-refractivity contribution in [1.29, 1.82) is 0 Å². The number of pyridine rings is 1. The number of fused-ring (bicyclic) bond motifs is 1. The molecule has 3 aromatic carbocycles. The van der Waals surface area contributed by atoms with Crippen molar-refractivity contribution in [3.05, 3.63) is 125 Å². The third-order valence-corrected chi connectivity index (χ3v) is 12.6. The van der Waals surface area contributed by atoms with Gasteiger partial charge in [-0.25, -0.2) is 4.98 Å². The van der Waals surface area contributed by atoms with Crippen LogP contribution in [0.3, 0.4) is 0 Å². The standard InChI is InChI=1S/C43H48ClN7S/c1-29(49-52-37-9-11-41(46-2)40(45)25-37)38-10-8-36(24-34(38)23-30-22-32-13-17-47-42(32)48-27-30)51-20-18-50(19-21-51)28-33-12-16-43(14-3-15-43)26-39(33)31-4-6-35(44)7-5-31/h4-11,13,17,22,24-25,27,46,49H,1,3,12,14-16,18-21,23,26,28,45H2,2H3,(H,47,48). The van der Waals surface area contributed by atoms with Crippen molar-refractivity contribution < 1.29 is 0 Å². The number of aromatic amines is 1. The van der Waals surface area contributed by atoms with Gasteiger partial charge in [-0.2, -0.15) is 0 Å². The highest BCUT2D eigenvalue weighted by atomic mass is 35.5. The number of H-pyrrole nitrogens is 1.